The van der Waals surface area contributed by atoms with Crippen molar-refractivity contribution in [3.63, 3.8) is 0 Å². The van der Waals surface area contributed by atoms with E-state index in [4.69, 9.17) is 0 Å². The van der Waals surface area contributed by atoms with E-state index in [1.807, 2.05) is 6.07 Å². The minimum atomic E-state index is -0.0181. The van der Waals surface area contributed by atoms with Crippen LogP contribution in [0.1, 0.15) is 30.6 Å². The molecule has 1 aromatic heterocycles. The molecular weight excluding hydrogens is 234 g/mol. The Morgan fingerprint density at radius 2 is 2.12 bits per heavy atom. The number of nitrogens with zero attached hydrogens (tertiary/aromatic N) is 2. The molecular formula is C12H13N3OS. The van der Waals surface area contributed by atoms with Crippen LogP contribution in [0.25, 0.3) is 11.0 Å². The molecule has 1 atom stereocenters. The first kappa shape index (κ1) is 10.7. The molecule has 4 nitrogen and oxygen atoms in total. The third kappa shape index (κ3) is 1.91. The maximum absolute atomic E-state index is 12.0. The van der Waals surface area contributed by atoms with Gasteiger partial charge in [0.25, 0.3) is 5.91 Å². The number of nitrogens with one attached hydrogen (secondary N) is 1. The van der Waals surface area contributed by atoms with E-state index in [9.17, 15) is 4.79 Å². The molecule has 88 valence electrons. The topological polar surface area (TPSA) is 54.9 Å². The van der Waals surface area contributed by atoms with Gasteiger partial charge in [-0.2, -0.15) is 8.75 Å². The zero-order valence-corrected chi connectivity index (χ0v) is 10.5. The third-order valence-corrected chi connectivity index (χ3v) is 3.89. The Morgan fingerprint density at radius 3 is 2.82 bits per heavy atom. The molecule has 2 aromatic rings. The molecule has 1 N–H and O–H groups in total. The fraction of sp³-hybridized carbons (Fsp3) is 0.417. The molecule has 0 radical (unpaired) electrons. The van der Waals surface area contributed by atoms with Gasteiger partial charge < -0.3 is 5.32 Å². The molecule has 3 rings (SSSR count). The first-order valence-electron chi connectivity index (χ1n) is 5.59. The monoisotopic (exact) mass is 247 g/mol. The van der Waals surface area contributed by atoms with Gasteiger partial charge in [-0.15, -0.1) is 0 Å². The lowest BCUT2D eigenvalue weighted by molar-refractivity contribution is 0.0946. The van der Waals surface area contributed by atoms with Crippen molar-refractivity contribution >= 4 is 28.7 Å². The number of hydrogen-bond acceptors (Lipinski definition) is 4. The fourth-order valence-electron chi connectivity index (χ4n) is 1.88. The molecule has 5 heteroatoms. The molecule has 1 saturated carbocycles. The number of carbonyl (C=O) groups is 1. The SMILES string of the molecule is CC1(C)C[C@@H]1NC(=O)c1ccc2nsnc2c1. The van der Waals surface area contributed by atoms with Crippen LogP contribution in [0, 0.1) is 5.41 Å². The van der Waals surface area contributed by atoms with Crippen LogP contribution in [-0.4, -0.2) is 20.7 Å². The summed E-state index contributed by atoms with van der Waals surface area (Å²) in [7, 11) is 0. The second kappa shape index (κ2) is 3.50. The van der Waals surface area contributed by atoms with Crippen LogP contribution in [0.4, 0.5) is 0 Å². The van der Waals surface area contributed by atoms with Gasteiger partial charge in [0, 0.05) is 11.6 Å². The predicted octanol–water partition coefficient (Wildman–Crippen LogP) is 2.22. The summed E-state index contributed by atoms with van der Waals surface area (Å²) in [5.41, 5.74) is 2.55. The van der Waals surface area contributed by atoms with Gasteiger partial charge in [0.2, 0.25) is 0 Å². The molecule has 0 aliphatic heterocycles. The molecule has 1 aliphatic rings. The van der Waals surface area contributed by atoms with E-state index in [2.05, 4.69) is 27.9 Å². The molecule has 1 aliphatic carbocycles. The molecule has 1 aromatic carbocycles. The van der Waals surface area contributed by atoms with Crippen LogP contribution in [0.2, 0.25) is 0 Å². The summed E-state index contributed by atoms with van der Waals surface area (Å²) in [5.74, 6) is -0.0181. The summed E-state index contributed by atoms with van der Waals surface area (Å²) >= 11 is 1.17. The highest BCUT2D eigenvalue weighted by Gasteiger charge is 2.46. The minimum Gasteiger partial charge on any atom is -0.349 e. The number of amides is 1. The number of rotatable bonds is 2. The lowest BCUT2D eigenvalue weighted by Crippen LogP contribution is -2.28. The number of aromatic nitrogens is 2. The van der Waals surface area contributed by atoms with Gasteiger partial charge >= 0.3 is 0 Å². The number of hydrogen-bond donors (Lipinski definition) is 1. The minimum absolute atomic E-state index is 0.0181. The summed E-state index contributed by atoms with van der Waals surface area (Å²) in [6.45, 7) is 4.32. The summed E-state index contributed by atoms with van der Waals surface area (Å²) < 4.78 is 8.25. The van der Waals surface area contributed by atoms with Gasteiger partial charge in [0.15, 0.2) is 0 Å². The molecule has 1 heterocycles. The highest BCUT2D eigenvalue weighted by Crippen LogP contribution is 2.44. The first-order valence-corrected chi connectivity index (χ1v) is 6.32. The van der Waals surface area contributed by atoms with Crippen molar-refractivity contribution in [1.29, 1.82) is 0 Å². The zero-order chi connectivity index (χ0) is 12.0. The van der Waals surface area contributed by atoms with E-state index in [0.717, 1.165) is 17.5 Å². The molecule has 17 heavy (non-hydrogen) atoms. The quantitative estimate of drug-likeness (QED) is 0.885. The smallest absolute Gasteiger partial charge is 0.251 e. The molecule has 0 spiro atoms. The van der Waals surface area contributed by atoms with Crippen molar-refractivity contribution in [2.75, 3.05) is 0 Å². The maximum atomic E-state index is 12.0. The third-order valence-electron chi connectivity index (χ3n) is 3.33. The summed E-state index contributed by atoms with van der Waals surface area (Å²) in [4.78, 5) is 12.0. The van der Waals surface area contributed by atoms with Crippen LogP contribution < -0.4 is 5.32 Å². The van der Waals surface area contributed by atoms with E-state index in [-0.39, 0.29) is 11.3 Å². The van der Waals surface area contributed by atoms with E-state index in [0.29, 0.717) is 11.6 Å². The highest BCUT2D eigenvalue weighted by atomic mass is 32.1. The van der Waals surface area contributed by atoms with E-state index < -0.39 is 0 Å². The van der Waals surface area contributed by atoms with Gasteiger partial charge in [-0.05, 0) is 30.0 Å². The lowest BCUT2D eigenvalue weighted by atomic mass is 10.1. The molecule has 0 bridgehead atoms. The Balaban J connectivity index is 1.81. The molecule has 0 saturated heterocycles. The highest BCUT2D eigenvalue weighted by molar-refractivity contribution is 7.00. The van der Waals surface area contributed by atoms with Crippen molar-refractivity contribution in [1.82, 2.24) is 14.1 Å². The van der Waals surface area contributed by atoms with E-state index in [1.165, 1.54) is 11.7 Å². The standard InChI is InChI=1S/C12H13N3OS/c1-12(2)6-10(12)13-11(16)7-3-4-8-9(5-7)15-17-14-8/h3-5,10H,6H2,1-2H3,(H,13,16)/t10-/m0/s1. The second-order valence-corrected chi connectivity index (χ2v) is 5.71. The average Bonchev–Trinajstić information content (AvgIpc) is 2.74. The van der Waals surface area contributed by atoms with E-state index in [1.54, 1.807) is 12.1 Å². The Bertz CT molecular complexity index is 590. The Kier molecular flexibility index (Phi) is 2.19. The first-order chi connectivity index (χ1) is 8.06. The van der Waals surface area contributed by atoms with Gasteiger partial charge in [-0.3, -0.25) is 4.79 Å². The number of benzene rings is 1. The normalized spacial score (nSPS) is 21.4. The van der Waals surface area contributed by atoms with Crippen LogP contribution in [-0.2, 0) is 0 Å². The Morgan fingerprint density at radius 1 is 1.41 bits per heavy atom. The van der Waals surface area contributed by atoms with Crippen LogP contribution in [0.5, 0.6) is 0 Å². The van der Waals surface area contributed by atoms with Gasteiger partial charge in [0.05, 0.1) is 11.7 Å². The van der Waals surface area contributed by atoms with Gasteiger partial charge in [-0.1, -0.05) is 13.8 Å². The van der Waals surface area contributed by atoms with Gasteiger partial charge in [-0.25, -0.2) is 0 Å². The van der Waals surface area contributed by atoms with Crippen molar-refractivity contribution in [3.8, 4) is 0 Å². The average molecular weight is 247 g/mol. The second-order valence-electron chi connectivity index (χ2n) is 5.19. The number of fused-ring (bicyclic) bond motifs is 1. The lowest BCUT2D eigenvalue weighted by Gasteiger charge is -2.06. The molecule has 1 amide bonds. The molecule has 1 fully saturated rings. The summed E-state index contributed by atoms with van der Waals surface area (Å²) in [6.07, 6.45) is 1.05. The number of carbonyl (C=O) groups excluding carboxylic acids is 1. The summed E-state index contributed by atoms with van der Waals surface area (Å²) in [5, 5.41) is 3.03. The van der Waals surface area contributed by atoms with Crippen LogP contribution in [0.15, 0.2) is 18.2 Å². The van der Waals surface area contributed by atoms with Crippen molar-refractivity contribution in [2.45, 2.75) is 26.3 Å². The van der Waals surface area contributed by atoms with Crippen molar-refractivity contribution < 1.29 is 4.79 Å². The van der Waals surface area contributed by atoms with Crippen LogP contribution in [0.3, 0.4) is 0 Å². The van der Waals surface area contributed by atoms with Gasteiger partial charge in [0.1, 0.15) is 11.0 Å². The fourth-order valence-corrected chi connectivity index (χ4v) is 2.40. The predicted molar refractivity (Wildman–Crippen MR) is 67.1 cm³/mol. The molecule has 0 unspecified atom stereocenters. The van der Waals surface area contributed by atoms with Crippen molar-refractivity contribution in [2.24, 2.45) is 5.41 Å². The zero-order valence-electron chi connectivity index (χ0n) is 9.73. The van der Waals surface area contributed by atoms with Crippen molar-refractivity contribution in [3.05, 3.63) is 23.8 Å². The summed E-state index contributed by atoms with van der Waals surface area (Å²) in [6, 6.07) is 5.74. The Hall–Kier alpha value is -1.49. The largest absolute Gasteiger partial charge is 0.349 e. The van der Waals surface area contributed by atoms with E-state index >= 15 is 0 Å². The maximum Gasteiger partial charge on any atom is 0.251 e. The van der Waals surface area contributed by atoms with Crippen LogP contribution >= 0.6 is 11.7 Å². The Labute approximate surface area is 103 Å².